The average molecular weight is 315 g/mol. The minimum Gasteiger partial charge on any atom is -0.237 e. The van der Waals surface area contributed by atoms with E-state index in [1.54, 1.807) is 0 Å². The van der Waals surface area contributed by atoms with Crippen molar-refractivity contribution in [2.45, 2.75) is 94.9 Å². The van der Waals surface area contributed by atoms with Gasteiger partial charge < -0.3 is 0 Å². The first kappa shape index (κ1) is 21.9. The molecular weight excluding hydrogens is 272 g/mol. The van der Waals surface area contributed by atoms with Gasteiger partial charge in [-0.05, 0) is 40.9 Å². The van der Waals surface area contributed by atoms with Crippen LogP contribution in [0, 0.1) is 21.7 Å². The SMILES string of the molecule is CCCCOOCC(C)(CCC(C)(C)C(C)(C)C)C(C)(C)C. The number of rotatable bonds is 9. The smallest absolute Gasteiger partial charge is 0.0880 e. The Labute approximate surface area is 140 Å². The number of hydrogen-bond acceptors (Lipinski definition) is 2. The maximum absolute atomic E-state index is 5.58. The van der Waals surface area contributed by atoms with Gasteiger partial charge in [-0.15, -0.1) is 0 Å². The third-order valence-electron chi connectivity index (χ3n) is 6.18. The fourth-order valence-corrected chi connectivity index (χ4v) is 2.06. The van der Waals surface area contributed by atoms with E-state index in [0.29, 0.717) is 24.0 Å². The zero-order valence-electron chi connectivity index (χ0n) is 17.1. The zero-order valence-corrected chi connectivity index (χ0v) is 17.1. The summed E-state index contributed by atoms with van der Waals surface area (Å²) in [6, 6.07) is 0. The Kier molecular flexibility index (Phi) is 8.12. The molecule has 0 N–H and O–H groups in total. The maximum atomic E-state index is 5.58. The molecule has 0 saturated carbocycles. The molecule has 0 amide bonds. The van der Waals surface area contributed by atoms with E-state index in [0.717, 1.165) is 19.3 Å². The van der Waals surface area contributed by atoms with Crippen LogP contribution in [0.4, 0.5) is 0 Å². The summed E-state index contributed by atoms with van der Waals surface area (Å²) >= 11 is 0. The van der Waals surface area contributed by atoms with Crippen LogP contribution in [-0.4, -0.2) is 13.2 Å². The maximum Gasteiger partial charge on any atom is 0.0880 e. The van der Waals surface area contributed by atoms with Crippen LogP contribution in [-0.2, 0) is 9.78 Å². The summed E-state index contributed by atoms with van der Waals surface area (Å²) in [4.78, 5) is 10.9. The van der Waals surface area contributed by atoms with E-state index in [-0.39, 0.29) is 10.8 Å². The van der Waals surface area contributed by atoms with Crippen molar-refractivity contribution in [2.75, 3.05) is 13.2 Å². The van der Waals surface area contributed by atoms with Crippen LogP contribution >= 0.6 is 0 Å². The highest BCUT2D eigenvalue weighted by molar-refractivity contribution is 4.90. The van der Waals surface area contributed by atoms with Gasteiger partial charge in [-0.3, -0.25) is 0 Å². The van der Waals surface area contributed by atoms with E-state index in [4.69, 9.17) is 9.78 Å². The van der Waals surface area contributed by atoms with Crippen LogP contribution in [0.1, 0.15) is 94.9 Å². The van der Waals surface area contributed by atoms with E-state index in [2.05, 4.69) is 69.2 Å². The largest absolute Gasteiger partial charge is 0.237 e. The number of hydrogen-bond donors (Lipinski definition) is 0. The highest BCUT2D eigenvalue weighted by Crippen LogP contribution is 2.48. The van der Waals surface area contributed by atoms with Crippen molar-refractivity contribution in [3.05, 3.63) is 0 Å². The lowest BCUT2D eigenvalue weighted by Crippen LogP contribution is -2.40. The molecule has 0 aliphatic heterocycles. The lowest BCUT2D eigenvalue weighted by atomic mass is 9.60. The molecule has 134 valence electrons. The van der Waals surface area contributed by atoms with E-state index >= 15 is 0 Å². The van der Waals surface area contributed by atoms with E-state index in [1.165, 1.54) is 6.42 Å². The summed E-state index contributed by atoms with van der Waals surface area (Å²) in [5.74, 6) is 0. The summed E-state index contributed by atoms with van der Waals surface area (Å²) in [6.07, 6.45) is 4.55. The summed E-state index contributed by atoms with van der Waals surface area (Å²) in [7, 11) is 0. The van der Waals surface area contributed by atoms with Crippen molar-refractivity contribution in [1.29, 1.82) is 0 Å². The van der Waals surface area contributed by atoms with E-state index < -0.39 is 0 Å². The first-order valence-electron chi connectivity index (χ1n) is 9.01. The second-order valence-electron chi connectivity index (χ2n) is 9.88. The molecule has 0 aromatic heterocycles. The predicted molar refractivity (Wildman–Crippen MR) is 96.8 cm³/mol. The van der Waals surface area contributed by atoms with Gasteiger partial charge in [0.2, 0.25) is 0 Å². The van der Waals surface area contributed by atoms with Crippen molar-refractivity contribution in [3.8, 4) is 0 Å². The molecule has 0 aliphatic rings. The Balaban J connectivity index is 4.71. The third-order valence-corrected chi connectivity index (χ3v) is 6.18. The Bertz CT molecular complexity index is 307. The summed E-state index contributed by atoms with van der Waals surface area (Å²) in [5.41, 5.74) is 0.920. The second-order valence-corrected chi connectivity index (χ2v) is 9.88. The molecule has 0 aromatic carbocycles. The van der Waals surface area contributed by atoms with Gasteiger partial charge in [0.05, 0.1) is 13.2 Å². The van der Waals surface area contributed by atoms with Crippen molar-refractivity contribution in [3.63, 3.8) is 0 Å². The Morgan fingerprint density at radius 1 is 0.682 bits per heavy atom. The topological polar surface area (TPSA) is 18.5 Å². The van der Waals surface area contributed by atoms with Gasteiger partial charge in [-0.2, -0.15) is 0 Å². The van der Waals surface area contributed by atoms with Gasteiger partial charge in [0, 0.05) is 0 Å². The normalized spacial score (nSPS) is 16.6. The summed E-state index contributed by atoms with van der Waals surface area (Å²) in [6.45, 7) is 24.6. The molecule has 0 radical (unpaired) electrons. The molecule has 0 heterocycles. The van der Waals surface area contributed by atoms with Gasteiger partial charge in [0.1, 0.15) is 0 Å². The van der Waals surface area contributed by atoms with Crippen LogP contribution in [0.2, 0.25) is 0 Å². The molecule has 0 aromatic rings. The molecule has 0 saturated heterocycles. The minimum atomic E-state index is 0.113. The lowest BCUT2D eigenvalue weighted by molar-refractivity contribution is -0.316. The standard InChI is InChI=1S/C20H42O2/c1-11-12-15-21-22-16-20(10,18(5,6)7)14-13-19(8,9)17(2,3)4/h11-16H2,1-10H3. The molecule has 0 rings (SSSR count). The molecule has 22 heavy (non-hydrogen) atoms. The molecule has 0 bridgehead atoms. The van der Waals surface area contributed by atoms with Crippen molar-refractivity contribution < 1.29 is 9.78 Å². The van der Waals surface area contributed by atoms with Crippen LogP contribution in [0.5, 0.6) is 0 Å². The van der Waals surface area contributed by atoms with E-state index in [1.807, 2.05) is 0 Å². The van der Waals surface area contributed by atoms with Crippen molar-refractivity contribution >= 4 is 0 Å². The molecule has 0 spiro atoms. The number of unbranched alkanes of at least 4 members (excludes halogenated alkanes) is 1. The quantitative estimate of drug-likeness (QED) is 0.270. The molecule has 1 atom stereocenters. The fourth-order valence-electron chi connectivity index (χ4n) is 2.06. The van der Waals surface area contributed by atoms with Crippen molar-refractivity contribution in [1.82, 2.24) is 0 Å². The van der Waals surface area contributed by atoms with Crippen LogP contribution in [0.15, 0.2) is 0 Å². The van der Waals surface area contributed by atoms with Gasteiger partial charge in [0.25, 0.3) is 0 Å². The Morgan fingerprint density at radius 3 is 1.64 bits per heavy atom. The minimum absolute atomic E-state index is 0.113. The van der Waals surface area contributed by atoms with E-state index in [9.17, 15) is 0 Å². The fraction of sp³-hybridized carbons (Fsp3) is 1.00. The first-order valence-corrected chi connectivity index (χ1v) is 9.01. The molecule has 2 heteroatoms. The molecule has 2 nitrogen and oxygen atoms in total. The first-order chi connectivity index (χ1) is 9.77. The van der Waals surface area contributed by atoms with Crippen LogP contribution in [0.3, 0.4) is 0 Å². The van der Waals surface area contributed by atoms with Gasteiger partial charge in [0.15, 0.2) is 0 Å². The Hall–Kier alpha value is -0.0800. The zero-order chi connectivity index (χ0) is 17.7. The highest BCUT2D eigenvalue weighted by Gasteiger charge is 2.41. The monoisotopic (exact) mass is 314 g/mol. The molecule has 1 unspecified atom stereocenters. The van der Waals surface area contributed by atoms with Gasteiger partial charge in [-0.1, -0.05) is 75.7 Å². The van der Waals surface area contributed by atoms with Crippen LogP contribution in [0.25, 0.3) is 0 Å². The van der Waals surface area contributed by atoms with Gasteiger partial charge >= 0.3 is 0 Å². The average Bonchev–Trinajstić information content (AvgIpc) is 2.33. The molecule has 0 aliphatic carbocycles. The summed E-state index contributed by atoms with van der Waals surface area (Å²) < 4.78 is 0. The second kappa shape index (κ2) is 8.15. The molecular formula is C20H42O2. The lowest BCUT2D eigenvalue weighted by Gasteiger charge is -2.46. The Morgan fingerprint density at radius 2 is 1.23 bits per heavy atom. The van der Waals surface area contributed by atoms with Crippen LogP contribution < -0.4 is 0 Å². The predicted octanol–water partition coefficient (Wildman–Crippen LogP) is 6.64. The van der Waals surface area contributed by atoms with Crippen molar-refractivity contribution in [2.24, 2.45) is 21.7 Å². The summed E-state index contributed by atoms with van der Waals surface area (Å²) in [5, 5.41) is 0. The molecule has 0 fully saturated rings. The third kappa shape index (κ3) is 6.58. The highest BCUT2D eigenvalue weighted by atomic mass is 17.2. The van der Waals surface area contributed by atoms with Gasteiger partial charge in [-0.25, -0.2) is 9.78 Å².